The first-order valence-electron chi connectivity index (χ1n) is 6.49. The van der Waals surface area contributed by atoms with Gasteiger partial charge in [0.2, 0.25) is 0 Å². The molecule has 2 rings (SSSR count). The summed E-state index contributed by atoms with van der Waals surface area (Å²) in [6.07, 6.45) is 10.2. The molecular weight excluding hydrogens is 230 g/mol. The van der Waals surface area contributed by atoms with E-state index in [0.29, 0.717) is 12.1 Å². The number of thioether (sulfide) groups is 1. The second-order valence-corrected chi connectivity index (χ2v) is 6.16. The smallest absolute Gasteiger partial charge is 0.0951 e. The van der Waals surface area contributed by atoms with Crippen LogP contribution in [-0.4, -0.2) is 27.1 Å². The second-order valence-electron chi connectivity index (χ2n) is 5.08. The van der Waals surface area contributed by atoms with Crippen LogP contribution in [0.15, 0.2) is 12.5 Å². The average molecular weight is 253 g/mol. The topological polar surface area (TPSA) is 29.9 Å². The van der Waals surface area contributed by atoms with Gasteiger partial charge in [-0.05, 0) is 32.9 Å². The van der Waals surface area contributed by atoms with Crippen molar-refractivity contribution in [3.63, 3.8) is 0 Å². The van der Waals surface area contributed by atoms with Crippen molar-refractivity contribution < 1.29 is 0 Å². The highest BCUT2D eigenvalue weighted by Crippen LogP contribution is 2.28. The highest BCUT2D eigenvalue weighted by molar-refractivity contribution is 7.99. The third-order valence-electron chi connectivity index (χ3n) is 3.60. The Labute approximate surface area is 108 Å². The van der Waals surface area contributed by atoms with E-state index in [2.05, 4.69) is 35.0 Å². The monoisotopic (exact) mass is 253 g/mol. The quantitative estimate of drug-likeness (QED) is 0.875. The summed E-state index contributed by atoms with van der Waals surface area (Å²) in [6, 6.07) is 1.18. The predicted molar refractivity (Wildman–Crippen MR) is 74.4 cm³/mol. The summed E-state index contributed by atoms with van der Waals surface area (Å²) in [4.78, 5) is 4.25. The van der Waals surface area contributed by atoms with Crippen LogP contribution in [-0.2, 0) is 6.54 Å². The Kier molecular flexibility index (Phi) is 4.51. The molecule has 1 aliphatic rings. The van der Waals surface area contributed by atoms with Gasteiger partial charge in [-0.15, -0.1) is 0 Å². The second kappa shape index (κ2) is 5.91. The van der Waals surface area contributed by atoms with E-state index in [1.807, 2.05) is 24.3 Å². The van der Waals surface area contributed by atoms with Gasteiger partial charge in [-0.1, -0.05) is 6.42 Å². The maximum absolute atomic E-state index is 4.25. The molecule has 2 unspecified atom stereocenters. The molecule has 0 amide bonds. The number of hydrogen-bond acceptors (Lipinski definition) is 3. The zero-order valence-corrected chi connectivity index (χ0v) is 11.8. The summed E-state index contributed by atoms with van der Waals surface area (Å²) < 4.78 is 2.25. The summed E-state index contributed by atoms with van der Waals surface area (Å²) >= 11 is 2.00. The van der Waals surface area contributed by atoms with Gasteiger partial charge in [0.15, 0.2) is 0 Å². The maximum Gasteiger partial charge on any atom is 0.0951 e. The van der Waals surface area contributed by atoms with Crippen molar-refractivity contribution in [2.75, 3.05) is 6.26 Å². The Morgan fingerprint density at radius 1 is 1.53 bits per heavy atom. The van der Waals surface area contributed by atoms with E-state index in [-0.39, 0.29) is 0 Å². The fraction of sp³-hybridized carbons (Fsp3) is 0.769. The van der Waals surface area contributed by atoms with E-state index in [1.165, 1.54) is 25.0 Å². The fourth-order valence-electron chi connectivity index (χ4n) is 2.61. The molecule has 1 saturated carbocycles. The minimum Gasteiger partial charge on any atom is -0.331 e. The minimum atomic E-state index is 0.495. The standard InChI is InChI=1S/C13H23N3S/c1-10(2)16-9-14-7-11(16)8-15-12-5-4-6-13(12)17-3/h7,9-10,12-13,15H,4-6,8H2,1-3H3. The first kappa shape index (κ1) is 13.0. The third kappa shape index (κ3) is 3.05. The largest absolute Gasteiger partial charge is 0.331 e. The Hall–Kier alpha value is -0.480. The summed E-state index contributed by atoms with van der Waals surface area (Å²) in [5.41, 5.74) is 1.30. The van der Waals surface area contributed by atoms with E-state index in [4.69, 9.17) is 0 Å². The third-order valence-corrected chi connectivity index (χ3v) is 4.77. The van der Waals surface area contributed by atoms with Crippen LogP contribution in [0.4, 0.5) is 0 Å². The summed E-state index contributed by atoms with van der Waals surface area (Å²) in [5, 5.41) is 4.50. The van der Waals surface area contributed by atoms with E-state index in [9.17, 15) is 0 Å². The van der Waals surface area contributed by atoms with Crippen LogP contribution in [0.1, 0.15) is 44.8 Å². The molecule has 0 bridgehead atoms. The molecule has 0 spiro atoms. The summed E-state index contributed by atoms with van der Waals surface area (Å²) in [6.45, 7) is 5.34. The number of rotatable bonds is 5. The molecular formula is C13H23N3S. The zero-order valence-electron chi connectivity index (χ0n) is 11.0. The lowest BCUT2D eigenvalue weighted by Crippen LogP contribution is -2.34. The van der Waals surface area contributed by atoms with E-state index in [1.54, 1.807) is 0 Å². The molecule has 0 saturated heterocycles. The average Bonchev–Trinajstić information content (AvgIpc) is 2.94. The van der Waals surface area contributed by atoms with E-state index in [0.717, 1.165) is 11.8 Å². The van der Waals surface area contributed by atoms with Gasteiger partial charge in [0, 0.05) is 30.1 Å². The van der Waals surface area contributed by atoms with Crippen LogP contribution < -0.4 is 5.32 Å². The number of aromatic nitrogens is 2. The lowest BCUT2D eigenvalue weighted by molar-refractivity contribution is 0.497. The number of hydrogen-bond donors (Lipinski definition) is 1. The highest BCUT2D eigenvalue weighted by atomic mass is 32.2. The normalized spacial score (nSPS) is 24.7. The molecule has 1 heterocycles. The fourth-order valence-corrected chi connectivity index (χ4v) is 3.57. The number of imidazole rings is 1. The van der Waals surface area contributed by atoms with Crippen molar-refractivity contribution in [2.45, 2.75) is 57.0 Å². The van der Waals surface area contributed by atoms with Crippen molar-refractivity contribution in [3.8, 4) is 0 Å². The van der Waals surface area contributed by atoms with Crippen LogP contribution in [0.3, 0.4) is 0 Å². The summed E-state index contributed by atoms with van der Waals surface area (Å²) in [7, 11) is 0. The van der Waals surface area contributed by atoms with Gasteiger partial charge in [0.1, 0.15) is 0 Å². The van der Waals surface area contributed by atoms with Crippen molar-refractivity contribution in [3.05, 3.63) is 18.2 Å². The van der Waals surface area contributed by atoms with Gasteiger partial charge >= 0.3 is 0 Å². The number of nitrogens with zero attached hydrogens (tertiary/aromatic N) is 2. The first-order chi connectivity index (χ1) is 8.22. The Morgan fingerprint density at radius 3 is 3.06 bits per heavy atom. The van der Waals surface area contributed by atoms with Gasteiger partial charge in [-0.2, -0.15) is 11.8 Å². The van der Waals surface area contributed by atoms with E-state index < -0.39 is 0 Å². The van der Waals surface area contributed by atoms with Crippen molar-refractivity contribution in [1.82, 2.24) is 14.9 Å². The lowest BCUT2D eigenvalue weighted by Gasteiger charge is -2.20. The van der Waals surface area contributed by atoms with Crippen LogP contribution >= 0.6 is 11.8 Å². The van der Waals surface area contributed by atoms with Gasteiger partial charge < -0.3 is 9.88 Å². The van der Waals surface area contributed by atoms with Gasteiger partial charge in [0.05, 0.1) is 12.0 Å². The molecule has 1 aromatic rings. The molecule has 1 aliphatic carbocycles. The first-order valence-corrected chi connectivity index (χ1v) is 7.78. The molecule has 0 radical (unpaired) electrons. The minimum absolute atomic E-state index is 0.495. The molecule has 2 atom stereocenters. The van der Waals surface area contributed by atoms with Gasteiger partial charge in [0.25, 0.3) is 0 Å². The van der Waals surface area contributed by atoms with Gasteiger partial charge in [-0.25, -0.2) is 4.98 Å². The molecule has 0 aromatic carbocycles. The molecule has 3 nitrogen and oxygen atoms in total. The van der Waals surface area contributed by atoms with Crippen LogP contribution in [0.25, 0.3) is 0 Å². The number of nitrogens with one attached hydrogen (secondary N) is 1. The molecule has 4 heteroatoms. The molecule has 1 N–H and O–H groups in total. The Balaban J connectivity index is 1.91. The zero-order chi connectivity index (χ0) is 12.3. The Morgan fingerprint density at radius 2 is 2.35 bits per heavy atom. The SMILES string of the molecule is CSC1CCCC1NCc1cncn1C(C)C. The van der Waals surface area contributed by atoms with Crippen LogP contribution in [0, 0.1) is 0 Å². The molecule has 1 aromatic heterocycles. The Bertz CT molecular complexity index is 348. The van der Waals surface area contributed by atoms with Crippen LogP contribution in [0.5, 0.6) is 0 Å². The molecule has 0 aliphatic heterocycles. The van der Waals surface area contributed by atoms with E-state index >= 15 is 0 Å². The van der Waals surface area contributed by atoms with Crippen molar-refractivity contribution >= 4 is 11.8 Å². The van der Waals surface area contributed by atoms with Crippen LogP contribution in [0.2, 0.25) is 0 Å². The highest BCUT2D eigenvalue weighted by Gasteiger charge is 2.25. The maximum atomic E-state index is 4.25. The van der Waals surface area contributed by atoms with Crippen molar-refractivity contribution in [1.29, 1.82) is 0 Å². The van der Waals surface area contributed by atoms with Crippen molar-refractivity contribution in [2.24, 2.45) is 0 Å². The molecule has 17 heavy (non-hydrogen) atoms. The van der Waals surface area contributed by atoms with Gasteiger partial charge in [-0.3, -0.25) is 0 Å². The molecule has 1 fully saturated rings. The lowest BCUT2D eigenvalue weighted by atomic mass is 10.2. The predicted octanol–water partition coefficient (Wildman–Crippen LogP) is 2.84. The molecule has 96 valence electrons. The summed E-state index contributed by atoms with van der Waals surface area (Å²) in [5.74, 6) is 0.